The number of benzene rings is 1. The lowest BCUT2D eigenvalue weighted by Gasteiger charge is -2.15. The number of carbonyl (C=O) groups is 3. The SMILES string of the molecule is NC(=O)C(NC(=O)c1nn(-c2cccc(Br)c2)c2c1CCCC2)C(N)=O. The molecule has 1 aliphatic rings. The van der Waals surface area contributed by atoms with Crippen molar-refractivity contribution in [3.05, 3.63) is 45.7 Å². The predicted molar refractivity (Wildman–Crippen MR) is 97.5 cm³/mol. The van der Waals surface area contributed by atoms with Crippen LogP contribution in [0.1, 0.15) is 34.6 Å². The highest BCUT2D eigenvalue weighted by Gasteiger charge is 2.30. The van der Waals surface area contributed by atoms with Crippen LogP contribution in [-0.4, -0.2) is 33.5 Å². The number of nitrogens with two attached hydrogens (primary N) is 2. The molecule has 1 aromatic carbocycles. The Bertz CT molecular complexity index is 879. The van der Waals surface area contributed by atoms with Gasteiger partial charge in [0.05, 0.1) is 5.69 Å². The molecule has 26 heavy (non-hydrogen) atoms. The van der Waals surface area contributed by atoms with Crippen molar-refractivity contribution in [1.29, 1.82) is 0 Å². The number of nitrogens with zero attached hydrogens (tertiary/aromatic N) is 2. The Balaban J connectivity index is 2.01. The normalized spacial score (nSPS) is 13.3. The Morgan fingerprint density at radius 1 is 1.15 bits per heavy atom. The molecule has 0 unspecified atom stereocenters. The van der Waals surface area contributed by atoms with Crippen LogP contribution in [0, 0.1) is 0 Å². The number of halogens is 1. The molecule has 0 atom stereocenters. The predicted octanol–water partition coefficient (Wildman–Crippen LogP) is 0.583. The fourth-order valence-corrected chi connectivity index (χ4v) is 3.47. The first-order chi connectivity index (χ1) is 12.4. The lowest BCUT2D eigenvalue weighted by atomic mass is 9.95. The van der Waals surface area contributed by atoms with E-state index in [1.54, 1.807) is 4.68 Å². The van der Waals surface area contributed by atoms with Gasteiger partial charge in [0, 0.05) is 15.7 Å². The van der Waals surface area contributed by atoms with Crippen LogP contribution in [-0.2, 0) is 22.4 Å². The van der Waals surface area contributed by atoms with Crippen molar-refractivity contribution in [2.24, 2.45) is 11.5 Å². The zero-order valence-corrected chi connectivity index (χ0v) is 15.5. The van der Waals surface area contributed by atoms with Crippen molar-refractivity contribution in [3.8, 4) is 5.69 Å². The summed E-state index contributed by atoms with van der Waals surface area (Å²) in [6.07, 6.45) is 3.42. The van der Waals surface area contributed by atoms with Crippen LogP contribution in [0.3, 0.4) is 0 Å². The summed E-state index contributed by atoms with van der Waals surface area (Å²) in [5.74, 6) is -2.66. The molecule has 0 radical (unpaired) electrons. The molecule has 136 valence electrons. The molecule has 8 nitrogen and oxygen atoms in total. The maximum absolute atomic E-state index is 12.6. The largest absolute Gasteiger partial charge is 0.367 e. The summed E-state index contributed by atoms with van der Waals surface area (Å²) in [4.78, 5) is 35.3. The summed E-state index contributed by atoms with van der Waals surface area (Å²) in [5.41, 5.74) is 13.0. The first-order valence-corrected chi connectivity index (χ1v) is 8.94. The summed E-state index contributed by atoms with van der Waals surface area (Å²) in [6, 6.07) is 6.00. The Morgan fingerprint density at radius 3 is 2.50 bits per heavy atom. The minimum atomic E-state index is -1.57. The van der Waals surface area contributed by atoms with Crippen LogP contribution in [0.5, 0.6) is 0 Å². The standard InChI is InChI=1S/C17H18BrN5O3/c18-9-4-3-5-10(8-9)23-12-7-2-1-6-11(12)13(22-23)17(26)21-14(15(19)24)16(20)25/h3-5,8,14H,1-2,6-7H2,(H2,19,24)(H2,20,25)(H,21,26). The van der Waals surface area contributed by atoms with Crippen LogP contribution in [0.4, 0.5) is 0 Å². The molecule has 9 heteroatoms. The van der Waals surface area contributed by atoms with Gasteiger partial charge < -0.3 is 16.8 Å². The lowest BCUT2D eigenvalue weighted by molar-refractivity contribution is -0.128. The summed E-state index contributed by atoms with van der Waals surface area (Å²) in [7, 11) is 0. The molecule has 2 aromatic rings. The second-order valence-electron chi connectivity index (χ2n) is 6.08. The van der Waals surface area contributed by atoms with Gasteiger partial charge in [-0.1, -0.05) is 22.0 Å². The minimum Gasteiger partial charge on any atom is -0.367 e. The quantitative estimate of drug-likeness (QED) is 0.611. The molecule has 3 amide bonds. The van der Waals surface area contributed by atoms with E-state index in [2.05, 4.69) is 26.3 Å². The van der Waals surface area contributed by atoms with Gasteiger partial charge in [-0.25, -0.2) is 4.68 Å². The summed E-state index contributed by atoms with van der Waals surface area (Å²) in [6.45, 7) is 0. The number of rotatable bonds is 5. The first kappa shape index (κ1) is 18.1. The third-order valence-electron chi connectivity index (χ3n) is 4.29. The molecular formula is C17H18BrN5O3. The van der Waals surface area contributed by atoms with E-state index in [0.29, 0.717) is 6.42 Å². The maximum atomic E-state index is 12.6. The molecule has 0 saturated heterocycles. The third-order valence-corrected chi connectivity index (χ3v) is 4.79. The summed E-state index contributed by atoms with van der Waals surface area (Å²) in [5, 5.41) is 6.74. The van der Waals surface area contributed by atoms with Gasteiger partial charge in [-0.15, -0.1) is 0 Å². The van der Waals surface area contributed by atoms with Crippen LogP contribution in [0.2, 0.25) is 0 Å². The van der Waals surface area contributed by atoms with E-state index < -0.39 is 23.8 Å². The molecule has 0 saturated carbocycles. The van der Waals surface area contributed by atoms with Gasteiger partial charge in [-0.05, 0) is 43.9 Å². The van der Waals surface area contributed by atoms with Gasteiger partial charge in [0.15, 0.2) is 11.7 Å². The topological polar surface area (TPSA) is 133 Å². The Kier molecular flexibility index (Phi) is 5.08. The molecule has 0 fully saturated rings. The molecule has 0 spiro atoms. The van der Waals surface area contributed by atoms with Crippen molar-refractivity contribution in [3.63, 3.8) is 0 Å². The van der Waals surface area contributed by atoms with E-state index in [1.165, 1.54) is 0 Å². The lowest BCUT2D eigenvalue weighted by Crippen LogP contribution is -2.52. The number of carbonyl (C=O) groups excluding carboxylic acids is 3. The number of fused-ring (bicyclic) bond motifs is 1. The summed E-state index contributed by atoms with van der Waals surface area (Å²) < 4.78 is 2.63. The highest BCUT2D eigenvalue weighted by molar-refractivity contribution is 9.10. The van der Waals surface area contributed by atoms with Gasteiger partial charge in [0.25, 0.3) is 5.91 Å². The molecule has 1 aliphatic carbocycles. The van der Waals surface area contributed by atoms with E-state index >= 15 is 0 Å². The fourth-order valence-electron chi connectivity index (χ4n) is 3.08. The van der Waals surface area contributed by atoms with Gasteiger partial charge in [-0.2, -0.15) is 5.10 Å². The van der Waals surface area contributed by atoms with Crippen LogP contribution in [0.25, 0.3) is 5.69 Å². The van der Waals surface area contributed by atoms with Crippen molar-refractivity contribution >= 4 is 33.7 Å². The van der Waals surface area contributed by atoms with Crippen molar-refractivity contribution in [1.82, 2.24) is 15.1 Å². The third kappa shape index (κ3) is 3.48. The molecule has 5 N–H and O–H groups in total. The van der Waals surface area contributed by atoms with Crippen molar-refractivity contribution < 1.29 is 14.4 Å². The molecule has 1 heterocycles. The number of hydrogen-bond acceptors (Lipinski definition) is 4. The second-order valence-corrected chi connectivity index (χ2v) is 7.00. The zero-order chi connectivity index (χ0) is 18.8. The number of hydrogen-bond donors (Lipinski definition) is 3. The molecule has 1 aromatic heterocycles. The van der Waals surface area contributed by atoms with E-state index in [0.717, 1.165) is 40.7 Å². The summed E-state index contributed by atoms with van der Waals surface area (Å²) >= 11 is 3.43. The molecule has 0 bridgehead atoms. The van der Waals surface area contributed by atoms with Crippen LogP contribution in [0.15, 0.2) is 28.7 Å². The van der Waals surface area contributed by atoms with E-state index in [1.807, 2.05) is 24.3 Å². The molecular weight excluding hydrogens is 402 g/mol. The number of aromatic nitrogens is 2. The van der Waals surface area contributed by atoms with Gasteiger partial charge in [0.1, 0.15) is 0 Å². The Labute approximate surface area is 158 Å². The highest BCUT2D eigenvalue weighted by Crippen LogP contribution is 2.28. The smallest absolute Gasteiger partial charge is 0.273 e. The Hall–Kier alpha value is -2.68. The van der Waals surface area contributed by atoms with Crippen molar-refractivity contribution in [2.45, 2.75) is 31.7 Å². The van der Waals surface area contributed by atoms with E-state index in [-0.39, 0.29) is 5.69 Å². The molecule has 0 aliphatic heterocycles. The van der Waals surface area contributed by atoms with Crippen LogP contribution < -0.4 is 16.8 Å². The van der Waals surface area contributed by atoms with E-state index in [9.17, 15) is 14.4 Å². The fraction of sp³-hybridized carbons (Fsp3) is 0.294. The average Bonchev–Trinajstić information content (AvgIpc) is 2.98. The number of amides is 3. The van der Waals surface area contributed by atoms with Gasteiger partial charge in [-0.3, -0.25) is 14.4 Å². The van der Waals surface area contributed by atoms with Gasteiger partial charge >= 0.3 is 0 Å². The number of nitrogens with one attached hydrogen (secondary N) is 1. The molecule has 3 rings (SSSR count). The van der Waals surface area contributed by atoms with Crippen LogP contribution >= 0.6 is 15.9 Å². The number of primary amides is 2. The second kappa shape index (κ2) is 7.28. The maximum Gasteiger partial charge on any atom is 0.273 e. The van der Waals surface area contributed by atoms with E-state index in [4.69, 9.17) is 11.5 Å². The van der Waals surface area contributed by atoms with Crippen molar-refractivity contribution in [2.75, 3.05) is 0 Å². The highest BCUT2D eigenvalue weighted by atomic mass is 79.9. The Morgan fingerprint density at radius 2 is 1.85 bits per heavy atom. The average molecular weight is 420 g/mol. The van der Waals surface area contributed by atoms with Gasteiger partial charge in [0.2, 0.25) is 11.8 Å². The first-order valence-electron chi connectivity index (χ1n) is 8.14. The monoisotopic (exact) mass is 419 g/mol. The minimum absolute atomic E-state index is 0.187. The zero-order valence-electron chi connectivity index (χ0n) is 13.9.